The van der Waals surface area contributed by atoms with E-state index in [-0.39, 0.29) is 17.1 Å². The molecule has 0 bridgehead atoms. The summed E-state index contributed by atoms with van der Waals surface area (Å²) in [7, 11) is 0. The van der Waals surface area contributed by atoms with Crippen LogP contribution in [0.25, 0.3) is 0 Å². The molecule has 1 aromatic heterocycles. The zero-order valence-electron chi connectivity index (χ0n) is 9.38. The van der Waals surface area contributed by atoms with Gasteiger partial charge in [-0.05, 0) is 11.6 Å². The Morgan fingerprint density at radius 2 is 1.74 bits per heavy atom. The zero-order chi connectivity index (χ0) is 14.0. The lowest BCUT2D eigenvalue weighted by atomic mass is 10.0. The third kappa shape index (κ3) is 3.16. The van der Waals surface area contributed by atoms with Gasteiger partial charge >= 0.3 is 6.18 Å². The molecule has 0 amide bonds. The topological polar surface area (TPSA) is 25.8 Å². The maximum atomic E-state index is 12.8. The van der Waals surface area contributed by atoms with Gasteiger partial charge in [0, 0.05) is 17.0 Å². The summed E-state index contributed by atoms with van der Waals surface area (Å²) >= 11 is 11.7. The van der Waals surface area contributed by atoms with Gasteiger partial charge in [0.25, 0.3) is 0 Å². The van der Waals surface area contributed by atoms with Crippen LogP contribution in [0.2, 0.25) is 10.2 Å². The molecule has 19 heavy (non-hydrogen) atoms. The lowest BCUT2D eigenvalue weighted by Gasteiger charge is -2.13. The van der Waals surface area contributed by atoms with Crippen molar-refractivity contribution in [1.82, 2.24) is 9.97 Å². The van der Waals surface area contributed by atoms with Crippen LogP contribution in [0.15, 0.2) is 30.6 Å². The van der Waals surface area contributed by atoms with E-state index >= 15 is 0 Å². The van der Waals surface area contributed by atoms with E-state index in [1.807, 2.05) is 0 Å². The fraction of sp³-hybridized carbons (Fsp3) is 0.167. The number of hydrogen-bond acceptors (Lipinski definition) is 2. The maximum absolute atomic E-state index is 12.8. The molecule has 1 heterocycles. The van der Waals surface area contributed by atoms with Crippen LogP contribution in [0, 0.1) is 0 Å². The van der Waals surface area contributed by atoms with Gasteiger partial charge in [-0.3, -0.25) is 0 Å². The molecule has 0 aliphatic heterocycles. The smallest absolute Gasteiger partial charge is 0.231 e. The van der Waals surface area contributed by atoms with Crippen molar-refractivity contribution in [3.63, 3.8) is 0 Å². The highest BCUT2D eigenvalue weighted by atomic mass is 35.5. The first-order valence-electron chi connectivity index (χ1n) is 5.19. The molecule has 7 heteroatoms. The summed E-state index contributed by atoms with van der Waals surface area (Å²) in [5.74, 6) is 0. The molecule has 0 saturated heterocycles. The lowest BCUT2D eigenvalue weighted by Crippen LogP contribution is -2.13. The molecule has 0 fully saturated rings. The summed E-state index contributed by atoms with van der Waals surface area (Å²) < 4.78 is 38.5. The molecule has 2 rings (SSSR count). The van der Waals surface area contributed by atoms with Crippen LogP contribution in [-0.2, 0) is 12.6 Å². The van der Waals surface area contributed by atoms with Gasteiger partial charge in [0.2, 0.25) is 0 Å². The number of aromatic nitrogens is 2. The van der Waals surface area contributed by atoms with Crippen LogP contribution in [0.3, 0.4) is 0 Å². The summed E-state index contributed by atoms with van der Waals surface area (Å²) in [5.41, 5.74) is -0.677. The monoisotopic (exact) mass is 306 g/mol. The van der Waals surface area contributed by atoms with Crippen molar-refractivity contribution in [2.75, 3.05) is 0 Å². The van der Waals surface area contributed by atoms with E-state index < -0.39 is 11.9 Å². The second-order valence-electron chi connectivity index (χ2n) is 3.76. The Morgan fingerprint density at radius 3 is 2.37 bits per heavy atom. The van der Waals surface area contributed by atoms with Crippen LogP contribution < -0.4 is 0 Å². The standard InChI is InChI=1S/C12H7Cl2F3N2/c13-9-4-2-1-3-7(9)5-8-10(12(15,16)17)18-6-19-11(8)14/h1-4,6H,5H2. The Bertz CT molecular complexity index is 600. The van der Waals surface area contributed by atoms with Gasteiger partial charge in [-0.1, -0.05) is 41.4 Å². The first-order chi connectivity index (χ1) is 8.89. The SMILES string of the molecule is FC(F)(F)c1ncnc(Cl)c1Cc1ccccc1Cl. The average Bonchev–Trinajstić information content (AvgIpc) is 2.33. The second kappa shape index (κ2) is 5.35. The first-order valence-corrected chi connectivity index (χ1v) is 5.95. The van der Waals surface area contributed by atoms with Gasteiger partial charge in [0.05, 0.1) is 0 Å². The molecule has 0 radical (unpaired) electrons. The van der Waals surface area contributed by atoms with E-state index in [1.165, 1.54) is 0 Å². The van der Waals surface area contributed by atoms with E-state index in [0.29, 0.717) is 10.6 Å². The molecule has 0 aliphatic rings. The minimum atomic E-state index is -4.58. The molecular formula is C12H7Cl2F3N2. The van der Waals surface area contributed by atoms with Crippen molar-refractivity contribution in [3.8, 4) is 0 Å². The third-order valence-electron chi connectivity index (χ3n) is 2.49. The molecule has 0 N–H and O–H groups in total. The minimum Gasteiger partial charge on any atom is -0.231 e. The number of hydrogen-bond donors (Lipinski definition) is 0. The van der Waals surface area contributed by atoms with Crippen LogP contribution in [0.5, 0.6) is 0 Å². The van der Waals surface area contributed by atoms with Crippen molar-refractivity contribution in [1.29, 1.82) is 0 Å². The third-order valence-corrected chi connectivity index (χ3v) is 3.18. The van der Waals surface area contributed by atoms with Gasteiger partial charge in [-0.15, -0.1) is 0 Å². The normalized spacial score (nSPS) is 11.6. The summed E-state index contributed by atoms with van der Waals surface area (Å²) in [5, 5.41) is 0.151. The number of nitrogens with zero attached hydrogens (tertiary/aromatic N) is 2. The lowest BCUT2D eigenvalue weighted by molar-refractivity contribution is -0.141. The molecule has 0 spiro atoms. The number of rotatable bonds is 2. The van der Waals surface area contributed by atoms with E-state index in [9.17, 15) is 13.2 Å². The summed E-state index contributed by atoms with van der Waals surface area (Å²) in [6.07, 6.45) is -3.86. The highest BCUT2D eigenvalue weighted by Crippen LogP contribution is 2.34. The van der Waals surface area contributed by atoms with E-state index in [2.05, 4.69) is 9.97 Å². The Kier molecular flexibility index (Phi) is 3.96. The van der Waals surface area contributed by atoms with Gasteiger partial charge in [0.1, 0.15) is 11.5 Å². The molecule has 2 aromatic rings. The first kappa shape index (κ1) is 14.1. The molecule has 0 saturated carbocycles. The Labute approximate surface area is 117 Å². The molecule has 100 valence electrons. The minimum absolute atomic E-state index is 0.0752. The quantitative estimate of drug-likeness (QED) is 0.769. The molecule has 2 nitrogen and oxygen atoms in total. The molecular weight excluding hydrogens is 300 g/mol. The fourth-order valence-electron chi connectivity index (χ4n) is 1.62. The molecule has 1 aromatic carbocycles. The van der Waals surface area contributed by atoms with E-state index in [0.717, 1.165) is 6.33 Å². The van der Waals surface area contributed by atoms with Crippen molar-refractivity contribution in [2.45, 2.75) is 12.6 Å². The Balaban J connectivity index is 2.48. The summed E-state index contributed by atoms with van der Waals surface area (Å²) in [6, 6.07) is 6.61. The van der Waals surface area contributed by atoms with Gasteiger partial charge in [0.15, 0.2) is 5.69 Å². The fourth-order valence-corrected chi connectivity index (χ4v) is 2.03. The average molecular weight is 307 g/mol. The molecule has 0 atom stereocenters. The predicted molar refractivity (Wildman–Crippen MR) is 66.3 cm³/mol. The Morgan fingerprint density at radius 1 is 1.05 bits per heavy atom. The highest BCUT2D eigenvalue weighted by Gasteiger charge is 2.36. The van der Waals surface area contributed by atoms with Gasteiger partial charge in [-0.2, -0.15) is 13.2 Å². The number of benzene rings is 1. The van der Waals surface area contributed by atoms with Crippen LogP contribution in [-0.4, -0.2) is 9.97 Å². The van der Waals surface area contributed by atoms with Gasteiger partial charge < -0.3 is 0 Å². The largest absolute Gasteiger partial charge is 0.433 e. The van der Waals surface area contributed by atoms with Crippen LogP contribution in [0.1, 0.15) is 16.8 Å². The molecule has 0 unspecified atom stereocenters. The van der Waals surface area contributed by atoms with E-state index in [1.54, 1.807) is 24.3 Å². The van der Waals surface area contributed by atoms with Gasteiger partial charge in [-0.25, -0.2) is 9.97 Å². The van der Waals surface area contributed by atoms with Crippen molar-refractivity contribution >= 4 is 23.2 Å². The van der Waals surface area contributed by atoms with Crippen molar-refractivity contribution < 1.29 is 13.2 Å². The van der Waals surface area contributed by atoms with Crippen molar-refractivity contribution in [2.24, 2.45) is 0 Å². The van der Waals surface area contributed by atoms with Crippen LogP contribution in [0.4, 0.5) is 13.2 Å². The number of halogens is 5. The zero-order valence-corrected chi connectivity index (χ0v) is 10.9. The van der Waals surface area contributed by atoms with Crippen LogP contribution >= 0.6 is 23.2 Å². The van der Waals surface area contributed by atoms with Crippen molar-refractivity contribution in [3.05, 3.63) is 57.6 Å². The number of alkyl halides is 3. The highest BCUT2D eigenvalue weighted by molar-refractivity contribution is 6.31. The Hall–Kier alpha value is -1.33. The van der Waals surface area contributed by atoms with E-state index in [4.69, 9.17) is 23.2 Å². The summed E-state index contributed by atoms with van der Waals surface area (Å²) in [4.78, 5) is 6.86. The second-order valence-corrected chi connectivity index (χ2v) is 4.52. The predicted octanol–water partition coefficient (Wildman–Crippen LogP) is 4.39. The maximum Gasteiger partial charge on any atom is 0.433 e. The molecule has 0 aliphatic carbocycles. The summed E-state index contributed by atoms with van der Waals surface area (Å²) in [6.45, 7) is 0.